The molecule has 3 rings (SSSR count). The number of fused-ring (bicyclic) bond motifs is 1. The van der Waals surface area contributed by atoms with Crippen molar-refractivity contribution in [1.29, 1.82) is 0 Å². The minimum Gasteiger partial charge on any atom is -0.365 e. The van der Waals surface area contributed by atoms with Crippen molar-refractivity contribution in [3.05, 3.63) is 45.8 Å². The Morgan fingerprint density at radius 3 is 2.40 bits per heavy atom. The van der Waals surface area contributed by atoms with Gasteiger partial charge < -0.3 is 11.1 Å². The first-order valence-electron chi connectivity index (χ1n) is 10.0. The van der Waals surface area contributed by atoms with Crippen LogP contribution in [0.3, 0.4) is 0 Å². The smallest absolute Gasteiger partial charge is 0.256 e. The molecule has 2 aromatic rings. The van der Waals surface area contributed by atoms with E-state index in [-0.39, 0.29) is 4.90 Å². The van der Waals surface area contributed by atoms with Crippen LogP contribution in [0.1, 0.15) is 58.3 Å². The van der Waals surface area contributed by atoms with Crippen LogP contribution in [-0.4, -0.2) is 37.6 Å². The third kappa shape index (κ3) is 4.28. The molecule has 30 heavy (non-hydrogen) atoms. The molecule has 0 saturated heterocycles. The molecule has 1 atom stereocenters. The van der Waals surface area contributed by atoms with Crippen molar-refractivity contribution < 1.29 is 18.0 Å². The summed E-state index contributed by atoms with van der Waals surface area (Å²) in [6, 6.07) is 5.81. The zero-order valence-electron chi connectivity index (χ0n) is 17.4. The molecular weight excluding hydrogens is 422 g/mol. The standard InChI is InChI=1S/C21H27N3O4S2/c1-4-24(5-2)30(27,28)15-9-7-14(8-10-15)20(26)23-21-18(19(22)25)16-11-6-13(3)12-17(16)29-21/h7-10,13H,4-6,11-12H2,1-3H3,(H2,22,25)(H,23,26)/t13-/m1/s1. The summed E-state index contributed by atoms with van der Waals surface area (Å²) in [5.74, 6) is -0.422. The first kappa shape index (κ1) is 22.5. The van der Waals surface area contributed by atoms with Crippen molar-refractivity contribution in [2.45, 2.75) is 44.9 Å². The van der Waals surface area contributed by atoms with Gasteiger partial charge in [0.25, 0.3) is 11.8 Å². The molecule has 0 unspecified atom stereocenters. The number of amides is 2. The molecule has 162 valence electrons. The molecule has 0 spiro atoms. The summed E-state index contributed by atoms with van der Waals surface area (Å²) in [6.07, 6.45) is 2.63. The lowest BCUT2D eigenvalue weighted by Gasteiger charge is -2.18. The van der Waals surface area contributed by atoms with Gasteiger partial charge in [0.05, 0.1) is 10.5 Å². The molecule has 1 aliphatic carbocycles. The van der Waals surface area contributed by atoms with Crippen LogP contribution in [0.4, 0.5) is 5.00 Å². The second-order valence-electron chi connectivity index (χ2n) is 7.49. The molecule has 0 radical (unpaired) electrons. The summed E-state index contributed by atoms with van der Waals surface area (Å²) in [7, 11) is -3.59. The van der Waals surface area contributed by atoms with Gasteiger partial charge >= 0.3 is 0 Å². The number of carbonyl (C=O) groups excluding carboxylic acids is 2. The summed E-state index contributed by atoms with van der Waals surface area (Å²) in [5, 5.41) is 3.27. The number of benzene rings is 1. The van der Waals surface area contributed by atoms with E-state index >= 15 is 0 Å². The Bertz CT molecular complexity index is 1050. The predicted molar refractivity (Wildman–Crippen MR) is 119 cm³/mol. The van der Waals surface area contributed by atoms with Crippen LogP contribution in [0.5, 0.6) is 0 Å². The number of thiophene rings is 1. The Hall–Kier alpha value is -2.23. The maximum absolute atomic E-state index is 12.8. The van der Waals surface area contributed by atoms with Crippen LogP contribution < -0.4 is 11.1 Å². The van der Waals surface area contributed by atoms with Crippen LogP contribution in [0, 0.1) is 5.92 Å². The van der Waals surface area contributed by atoms with E-state index in [1.54, 1.807) is 13.8 Å². The lowest BCUT2D eigenvalue weighted by atomic mass is 9.88. The van der Waals surface area contributed by atoms with Gasteiger partial charge in [-0.3, -0.25) is 9.59 Å². The number of nitrogens with zero attached hydrogens (tertiary/aromatic N) is 1. The van der Waals surface area contributed by atoms with E-state index < -0.39 is 21.8 Å². The van der Waals surface area contributed by atoms with Crippen molar-refractivity contribution in [1.82, 2.24) is 4.31 Å². The van der Waals surface area contributed by atoms with Gasteiger partial charge in [0, 0.05) is 23.5 Å². The fourth-order valence-corrected chi connectivity index (χ4v) is 6.63. The number of primary amides is 1. The van der Waals surface area contributed by atoms with E-state index in [1.165, 1.54) is 39.9 Å². The Balaban J connectivity index is 1.85. The topological polar surface area (TPSA) is 110 Å². The quantitative estimate of drug-likeness (QED) is 0.676. The first-order chi connectivity index (χ1) is 14.2. The first-order valence-corrected chi connectivity index (χ1v) is 12.3. The number of rotatable bonds is 7. The average molecular weight is 450 g/mol. The van der Waals surface area contributed by atoms with E-state index in [0.717, 1.165) is 29.7 Å². The maximum atomic E-state index is 12.8. The highest BCUT2D eigenvalue weighted by Crippen LogP contribution is 2.39. The molecule has 2 amide bonds. The third-order valence-corrected chi connectivity index (χ3v) is 8.68. The van der Waals surface area contributed by atoms with E-state index in [4.69, 9.17) is 5.73 Å². The van der Waals surface area contributed by atoms with E-state index in [2.05, 4.69) is 12.2 Å². The van der Waals surface area contributed by atoms with E-state index in [9.17, 15) is 18.0 Å². The zero-order chi connectivity index (χ0) is 22.1. The third-order valence-electron chi connectivity index (χ3n) is 5.44. The molecule has 0 aliphatic heterocycles. The van der Waals surface area contributed by atoms with E-state index in [0.29, 0.717) is 35.1 Å². The normalized spacial score (nSPS) is 16.3. The number of hydrogen-bond donors (Lipinski definition) is 2. The molecule has 1 heterocycles. The number of anilines is 1. The second-order valence-corrected chi connectivity index (χ2v) is 10.5. The number of sulfonamides is 1. The lowest BCUT2D eigenvalue weighted by Crippen LogP contribution is -2.30. The molecule has 0 bridgehead atoms. The Kier molecular flexibility index (Phi) is 6.64. The van der Waals surface area contributed by atoms with Crippen LogP contribution >= 0.6 is 11.3 Å². The number of carbonyl (C=O) groups is 2. The zero-order valence-corrected chi connectivity index (χ0v) is 19.0. The van der Waals surface area contributed by atoms with Crippen LogP contribution in [0.25, 0.3) is 0 Å². The monoisotopic (exact) mass is 449 g/mol. The Morgan fingerprint density at radius 2 is 1.83 bits per heavy atom. The largest absolute Gasteiger partial charge is 0.365 e. The number of nitrogens with one attached hydrogen (secondary N) is 1. The molecule has 3 N–H and O–H groups in total. The molecule has 9 heteroatoms. The SMILES string of the molecule is CCN(CC)S(=O)(=O)c1ccc(C(=O)Nc2sc3c(c2C(N)=O)CC[C@@H](C)C3)cc1. The van der Waals surface area contributed by atoms with Crippen LogP contribution in [-0.2, 0) is 22.9 Å². The van der Waals surface area contributed by atoms with Crippen LogP contribution in [0.15, 0.2) is 29.2 Å². The summed E-state index contributed by atoms with van der Waals surface area (Å²) >= 11 is 1.40. The van der Waals surface area contributed by atoms with Gasteiger partial charge in [0.15, 0.2) is 0 Å². The molecule has 0 fully saturated rings. The van der Waals surface area contributed by atoms with Crippen molar-refractivity contribution >= 4 is 38.2 Å². The van der Waals surface area contributed by atoms with Crippen LogP contribution in [0.2, 0.25) is 0 Å². The average Bonchev–Trinajstić information content (AvgIpc) is 3.05. The van der Waals surface area contributed by atoms with Gasteiger partial charge in [0.1, 0.15) is 5.00 Å². The Labute approximate surface area is 181 Å². The van der Waals surface area contributed by atoms with Gasteiger partial charge in [-0.25, -0.2) is 8.42 Å². The summed E-state index contributed by atoms with van der Waals surface area (Å²) in [6.45, 7) is 6.47. The molecule has 1 aromatic carbocycles. The van der Waals surface area contributed by atoms with Gasteiger partial charge in [-0.15, -0.1) is 11.3 Å². The summed E-state index contributed by atoms with van der Waals surface area (Å²) in [5.41, 5.74) is 7.25. The summed E-state index contributed by atoms with van der Waals surface area (Å²) < 4.78 is 26.6. The van der Waals surface area contributed by atoms with Gasteiger partial charge in [-0.05, 0) is 55.0 Å². The predicted octanol–water partition coefficient (Wildman–Crippen LogP) is 3.25. The molecular formula is C21H27N3O4S2. The minimum absolute atomic E-state index is 0.140. The highest BCUT2D eigenvalue weighted by molar-refractivity contribution is 7.89. The highest BCUT2D eigenvalue weighted by atomic mass is 32.2. The fourth-order valence-electron chi connectivity index (χ4n) is 3.77. The maximum Gasteiger partial charge on any atom is 0.256 e. The highest BCUT2D eigenvalue weighted by Gasteiger charge is 2.27. The Morgan fingerprint density at radius 1 is 1.20 bits per heavy atom. The van der Waals surface area contributed by atoms with E-state index in [1.807, 2.05) is 0 Å². The second kappa shape index (κ2) is 8.87. The molecule has 1 aliphatic rings. The van der Waals surface area contributed by atoms with Gasteiger partial charge in [-0.2, -0.15) is 4.31 Å². The lowest BCUT2D eigenvalue weighted by molar-refractivity contribution is 0.1000. The van der Waals surface area contributed by atoms with Crippen molar-refractivity contribution in [3.63, 3.8) is 0 Å². The van der Waals surface area contributed by atoms with Crippen molar-refractivity contribution in [2.24, 2.45) is 11.7 Å². The van der Waals surface area contributed by atoms with Crippen molar-refractivity contribution in [3.8, 4) is 0 Å². The minimum atomic E-state index is -3.59. The molecule has 7 nitrogen and oxygen atoms in total. The summed E-state index contributed by atoms with van der Waals surface area (Å²) in [4.78, 5) is 26.0. The van der Waals surface area contributed by atoms with Gasteiger partial charge in [-0.1, -0.05) is 20.8 Å². The van der Waals surface area contributed by atoms with Crippen molar-refractivity contribution in [2.75, 3.05) is 18.4 Å². The number of hydrogen-bond acceptors (Lipinski definition) is 5. The number of nitrogens with two attached hydrogens (primary N) is 1. The van der Waals surface area contributed by atoms with Gasteiger partial charge in [0.2, 0.25) is 10.0 Å². The molecule has 0 saturated carbocycles. The fraction of sp³-hybridized carbons (Fsp3) is 0.429. The molecule has 1 aromatic heterocycles.